The van der Waals surface area contributed by atoms with Gasteiger partial charge in [-0.25, -0.2) is 4.79 Å². The molecule has 0 aromatic carbocycles. The molecule has 2 heterocycles. The van der Waals surface area contributed by atoms with Crippen LogP contribution in [0.2, 0.25) is 0 Å². The smallest absolute Gasteiger partial charge is 0.320 e. The van der Waals surface area contributed by atoms with Crippen molar-refractivity contribution in [3.05, 3.63) is 0 Å². The third kappa shape index (κ3) is 3.36. The second-order valence-electron chi connectivity index (χ2n) is 8.37. The molecule has 0 aromatic rings. The first-order valence-corrected chi connectivity index (χ1v) is 8.74. The zero-order valence-electron chi connectivity index (χ0n) is 14.0. The van der Waals surface area contributed by atoms with E-state index in [2.05, 4.69) is 35.5 Å². The van der Waals surface area contributed by atoms with Gasteiger partial charge in [-0.05, 0) is 18.3 Å². The van der Waals surface area contributed by atoms with Crippen LogP contribution in [0, 0.1) is 5.41 Å². The molecule has 0 N–H and O–H groups in total. The fourth-order valence-electron chi connectivity index (χ4n) is 4.31. The zero-order valence-corrected chi connectivity index (χ0v) is 14.0. The molecular formula is C17H31N3O. The maximum absolute atomic E-state index is 12.7. The first-order chi connectivity index (χ1) is 9.94. The molecule has 0 unspecified atom stereocenters. The van der Waals surface area contributed by atoms with Crippen LogP contribution in [0.4, 0.5) is 4.79 Å². The molecule has 3 fully saturated rings. The number of nitrogens with zero attached hydrogens (tertiary/aromatic N) is 3. The van der Waals surface area contributed by atoms with Crippen molar-refractivity contribution in [2.45, 2.75) is 65.0 Å². The van der Waals surface area contributed by atoms with Crippen molar-refractivity contribution in [2.24, 2.45) is 5.41 Å². The molecule has 4 nitrogen and oxygen atoms in total. The summed E-state index contributed by atoms with van der Waals surface area (Å²) in [6.45, 7) is 12.0. The van der Waals surface area contributed by atoms with Crippen LogP contribution >= 0.6 is 0 Å². The van der Waals surface area contributed by atoms with Crippen LogP contribution in [0.1, 0.15) is 52.9 Å². The zero-order chi connectivity index (χ0) is 15.0. The van der Waals surface area contributed by atoms with Gasteiger partial charge in [0, 0.05) is 38.8 Å². The Bertz CT molecular complexity index is 384. The van der Waals surface area contributed by atoms with Gasteiger partial charge in [-0.3, -0.25) is 4.90 Å². The lowest BCUT2D eigenvalue weighted by atomic mass is 9.94. The Labute approximate surface area is 129 Å². The number of rotatable bonds is 2. The normalized spacial score (nSPS) is 29.1. The largest absolute Gasteiger partial charge is 0.320 e. The molecule has 0 radical (unpaired) electrons. The molecule has 21 heavy (non-hydrogen) atoms. The highest BCUT2D eigenvalue weighted by atomic mass is 16.2. The third-order valence-electron chi connectivity index (χ3n) is 5.18. The fraction of sp³-hybridized carbons (Fsp3) is 0.941. The molecule has 4 heteroatoms. The first kappa shape index (κ1) is 15.1. The molecule has 3 aliphatic rings. The molecule has 0 spiro atoms. The van der Waals surface area contributed by atoms with Gasteiger partial charge in [0.05, 0.1) is 6.04 Å². The fourth-order valence-corrected chi connectivity index (χ4v) is 4.31. The Morgan fingerprint density at radius 3 is 2.33 bits per heavy atom. The number of amides is 2. The Morgan fingerprint density at radius 1 is 0.952 bits per heavy atom. The lowest BCUT2D eigenvalue weighted by Gasteiger charge is -2.39. The minimum Gasteiger partial charge on any atom is -0.320 e. The van der Waals surface area contributed by atoms with Gasteiger partial charge in [-0.1, -0.05) is 40.0 Å². The van der Waals surface area contributed by atoms with Gasteiger partial charge < -0.3 is 9.80 Å². The molecule has 2 amide bonds. The van der Waals surface area contributed by atoms with Gasteiger partial charge in [0.25, 0.3) is 0 Å². The number of carbonyl (C=O) groups excluding carboxylic acids is 1. The van der Waals surface area contributed by atoms with Crippen LogP contribution in [0.3, 0.4) is 0 Å². The van der Waals surface area contributed by atoms with E-state index in [-0.39, 0.29) is 0 Å². The minimum absolute atomic E-state index is 0.322. The summed E-state index contributed by atoms with van der Waals surface area (Å²) in [5.41, 5.74) is 0.341. The SMILES string of the molecule is CC(C)(C)CN1CCN2C(=O)N(C3CCCCC3)C[C@H]2C1. The molecule has 2 aliphatic heterocycles. The maximum atomic E-state index is 12.7. The number of fused-ring (bicyclic) bond motifs is 1. The van der Waals surface area contributed by atoms with E-state index in [9.17, 15) is 4.79 Å². The van der Waals surface area contributed by atoms with E-state index in [4.69, 9.17) is 0 Å². The molecule has 0 bridgehead atoms. The predicted molar refractivity (Wildman–Crippen MR) is 85.4 cm³/mol. The molecule has 120 valence electrons. The number of piperazine rings is 1. The summed E-state index contributed by atoms with van der Waals surface area (Å²) in [5.74, 6) is 0. The topological polar surface area (TPSA) is 26.8 Å². The average molecular weight is 293 g/mol. The van der Waals surface area contributed by atoms with E-state index in [0.29, 0.717) is 23.5 Å². The van der Waals surface area contributed by atoms with Crippen molar-refractivity contribution in [3.8, 4) is 0 Å². The Kier molecular flexibility index (Phi) is 4.17. The maximum Gasteiger partial charge on any atom is 0.320 e. The highest BCUT2D eigenvalue weighted by Crippen LogP contribution is 2.30. The standard InChI is InChI=1S/C17H31N3O/c1-17(2,3)13-18-9-10-19-15(11-18)12-20(16(19)21)14-7-5-4-6-8-14/h14-15H,4-13H2,1-3H3/t15-/m1/s1. The summed E-state index contributed by atoms with van der Waals surface area (Å²) in [6.07, 6.45) is 6.39. The van der Waals surface area contributed by atoms with Gasteiger partial charge in [0.15, 0.2) is 0 Å². The molecule has 1 saturated carbocycles. The summed E-state index contributed by atoms with van der Waals surface area (Å²) in [4.78, 5) is 19.6. The van der Waals surface area contributed by atoms with E-state index < -0.39 is 0 Å². The van der Waals surface area contributed by atoms with Crippen LogP contribution in [0.15, 0.2) is 0 Å². The highest BCUT2D eigenvalue weighted by Gasteiger charge is 2.43. The second kappa shape index (κ2) is 5.79. The van der Waals surface area contributed by atoms with E-state index in [1.165, 1.54) is 32.1 Å². The number of hydrogen-bond donors (Lipinski definition) is 0. The van der Waals surface area contributed by atoms with Gasteiger partial charge in [-0.15, -0.1) is 0 Å². The molecular weight excluding hydrogens is 262 g/mol. The van der Waals surface area contributed by atoms with Crippen molar-refractivity contribution < 1.29 is 4.79 Å². The van der Waals surface area contributed by atoms with Crippen LogP contribution in [-0.4, -0.2) is 65.5 Å². The van der Waals surface area contributed by atoms with Gasteiger partial charge in [0.2, 0.25) is 0 Å². The van der Waals surface area contributed by atoms with Crippen molar-refractivity contribution >= 4 is 6.03 Å². The monoisotopic (exact) mass is 293 g/mol. The van der Waals surface area contributed by atoms with Crippen LogP contribution in [-0.2, 0) is 0 Å². The van der Waals surface area contributed by atoms with Crippen molar-refractivity contribution in [1.82, 2.24) is 14.7 Å². The van der Waals surface area contributed by atoms with Crippen molar-refractivity contribution in [3.63, 3.8) is 0 Å². The Balaban J connectivity index is 1.61. The van der Waals surface area contributed by atoms with Crippen molar-refractivity contribution in [1.29, 1.82) is 0 Å². The molecule has 3 rings (SSSR count). The Morgan fingerprint density at radius 2 is 1.67 bits per heavy atom. The predicted octanol–water partition coefficient (Wildman–Crippen LogP) is 2.79. The molecule has 1 aliphatic carbocycles. The van der Waals surface area contributed by atoms with Gasteiger partial charge in [-0.2, -0.15) is 0 Å². The third-order valence-corrected chi connectivity index (χ3v) is 5.18. The van der Waals surface area contributed by atoms with Crippen LogP contribution in [0.25, 0.3) is 0 Å². The molecule has 1 atom stereocenters. The minimum atomic E-state index is 0.322. The van der Waals surface area contributed by atoms with Gasteiger partial charge in [0.1, 0.15) is 0 Å². The van der Waals surface area contributed by atoms with Gasteiger partial charge >= 0.3 is 6.03 Å². The number of urea groups is 1. The van der Waals surface area contributed by atoms with E-state index >= 15 is 0 Å². The Hall–Kier alpha value is -0.770. The number of carbonyl (C=O) groups is 1. The lowest BCUT2D eigenvalue weighted by Crippen LogP contribution is -2.53. The number of hydrogen-bond acceptors (Lipinski definition) is 2. The summed E-state index contributed by atoms with van der Waals surface area (Å²) < 4.78 is 0. The van der Waals surface area contributed by atoms with Crippen molar-refractivity contribution in [2.75, 3.05) is 32.7 Å². The second-order valence-corrected chi connectivity index (χ2v) is 8.37. The summed E-state index contributed by atoms with van der Waals surface area (Å²) in [5, 5.41) is 0. The average Bonchev–Trinajstić information content (AvgIpc) is 2.75. The van der Waals surface area contributed by atoms with Crippen LogP contribution < -0.4 is 0 Å². The lowest BCUT2D eigenvalue weighted by molar-refractivity contribution is 0.0948. The quantitative estimate of drug-likeness (QED) is 0.783. The summed E-state index contributed by atoms with van der Waals surface area (Å²) >= 11 is 0. The summed E-state index contributed by atoms with van der Waals surface area (Å²) in [7, 11) is 0. The first-order valence-electron chi connectivity index (χ1n) is 8.74. The molecule has 0 aromatic heterocycles. The summed E-state index contributed by atoms with van der Waals surface area (Å²) in [6, 6.07) is 1.27. The van der Waals surface area contributed by atoms with E-state index in [1.54, 1.807) is 0 Å². The van der Waals surface area contributed by atoms with E-state index in [0.717, 1.165) is 32.7 Å². The van der Waals surface area contributed by atoms with E-state index in [1.807, 2.05) is 0 Å². The molecule has 2 saturated heterocycles. The van der Waals surface area contributed by atoms with Crippen LogP contribution in [0.5, 0.6) is 0 Å². The highest BCUT2D eigenvalue weighted by molar-refractivity contribution is 5.77.